The summed E-state index contributed by atoms with van der Waals surface area (Å²) in [7, 11) is 0. The predicted molar refractivity (Wildman–Crippen MR) is 127 cm³/mol. The van der Waals surface area contributed by atoms with E-state index in [0.29, 0.717) is 44.5 Å². The van der Waals surface area contributed by atoms with Gasteiger partial charge >= 0.3 is 12.1 Å². The third kappa shape index (κ3) is 4.35. The summed E-state index contributed by atoms with van der Waals surface area (Å²) in [6, 6.07) is 17.3. The van der Waals surface area contributed by atoms with Gasteiger partial charge in [0.1, 0.15) is 11.4 Å². The highest BCUT2D eigenvalue weighted by Crippen LogP contribution is 2.41. The van der Waals surface area contributed by atoms with Gasteiger partial charge in [-0.25, -0.2) is 19.5 Å². The number of hydrogen-bond donors (Lipinski definition) is 1. The maximum absolute atomic E-state index is 13.0. The number of carbonyl (C=O) groups is 2. The molecule has 0 aliphatic rings. The van der Waals surface area contributed by atoms with Crippen molar-refractivity contribution in [3.8, 4) is 22.4 Å². The maximum Gasteiger partial charge on any atom is 0.419 e. The first-order chi connectivity index (χ1) is 16.4. The molecule has 0 aliphatic carbocycles. The van der Waals surface area contributed by atoms with E-state index in [2.05, 4.69) is 10.1 Å². The number of nitrogens with zero attached hydrogens (tertiary/aromatic N) is 3. The SMILES string of the molecule is CCOC(=O)N(c1ccccc1Cl)c1c(-c2ccc(-c3cccnc3C(=O)O)cc2)noc1C. The Kier molecular flexibility index (Phi) is 6.60. The van der Waals surface area contributed by atoms with Crippen molar-refractivity contribution in [2.45, 2.75) is 13.8 Å². The number of para-hydroxylation sites is 1. The van der Waals surface area contributed by atoms with E-state index in [1.807, 2.05) is 0 Å². The maximum atomic E-state index is 13.0. The molecule has 1 N–H and O–H groups in total. The predicted octanol–water partition coefficient (Wildman–Crippen LogP) is 6.36. The molecule has 34 heavy (non-hydrogen) atoms. The molecule has 0 spiro atoms. The molecule has 8 nitrogen and oxygen atoms in total. The Labute approximate surface area is 200 Å². The minimum atomic E-state index is -1.11. The van der Waals surface area contributed by atoms with Crippen LogP contribution in [0.25, 0.3) is 22.4 Å². The number of aromatic carboxylic acids is 1. The van der Waals surface area contributed by atoms with Gasteiger partial charge < -0.3 is 14.4 Å². The third-order valence-electron chi connectivity index (χ3n) is 5.08. The number of ether oxygens (including phenoxy) is 1. The molecule has 0 saturated carbocycles. The van der Waals surface area contributed by atoms with Crippen LogP contribution in [0, 0.1) is 6.92 Å². The number of hydrogen-bond acceptors (Lipinski definition) is 6. The van der Waals surface area contributed by atoms with Crippen LogP contribution < -0.4 is 4.90 Å². The van der Waals surface area contributed by atoms with Gasteiger partial charge in [-0.15, -0.1) is 0 Å². The summed E-state index contributed by atoms with van der Waals surface area (Å²) in [5, 5.41) is 14.0. The van der Waals surface area contributed by atoms with Gasteiger partial charge in [-0.05, 0) is 37.6 Å². The lowest BCUT2D eigenvalue weighted by atomic mass is 10.0. The van der Waals surface area contributed by atoms with Crippen LogP contribution in [0.3, 0.4) is 0 Å². The Balaban J connectivity index is 1.80. The first-order valence-corrected chi connectivity index (χ1v) is 10.8. The first-order valence-electron chi connectivity index (χ1n) is 10.4. The minimum Gasteiger partial charge on any atom is -0.476 e. The van der Waals surface area contributed by atoms with Crippen molar-refractivity contribution in [2.24, 2.45) is 0 Å². The highest BCUT2D eigenvalue weighted by atomic mass is 35.5. The number of benzene rings is 2. The van der Waals surface area contributed by atoms with Crippen molar-refractivity contribution in [2.75, 3.05) is 11.5 Å². The zero-order chi connectivity index (χ0) is 24.2. The molecule has 4 rings (SSSR count). The number of carbonyl (C=O) groups excluding carboxylic acids is 1. The fraction of sp³-hybridized carbons (Fsp3) is 0.120. The summed E-state index contributed by atoms with van der Waals surface area (Å²) < 4.78 is 10.7. The summed E-state index contributed by atoms with van der Waals surface area (Å²) in [4.78, 5) is 29.8. The molecule has 1 amide bonds. The highest BCUT2D eigenvalue weighted by molar-refractivity contribution is 6.34. The van der Waals surface area contributed by atoms with E-state index in [0.717, 1.165) is 0 Å². The Morgan fingerprint density at radius 1 is 1.06 bits per heavy atom. The summed E-state index contributed by atoms with van der Waals surface area (Å²) in [5.74, 6) is -0.716. The molecule has 0 atom stereocenters. The standard InChI is InChI=1S/C25H20ClN3O5/c1-3-33-25(32)29(20-9-5-4-8-19(20)26)23-15(2)34-28-21(23)17-12-10-16(11-13-17)18-7-6-14-27-22(18)24(30)31/h4-14H,3H2,1-2H3,(H,30,31). The zero-order valence-electron chi connectivity index (χ0n) is 18.4. The number of pyridine rings is 1. The molecule has 172 valence electrons. The van der Waals surface area contributed by atoms with E-state index in [4.69, 9.17) is 20.9 Å². The van der Waals surface area contributed by atoms with Crippen molar-refractivity contribution in [1.29, 1.82) is 0 Å². The number of carboxylic acid groups (broad SMARTS) is 1. The third-order valence-corrected chi connectivity index (χ3v) is 5.40. The number of aryl methyl sites for hydroxylation is 1. The van der Waals surface area contributed by atoms with Gasteiger partial charge in [0.2, 0.25) is 0 Å². The van der Waals surface area contributed by atoms with Gasteiger partial charge in [0.25, 0.3) is 0 Å². The van der Waals surface area contributed by atoms with Crippen LogP contribution in [0.2, 0.25) is 5.02 Å². The van der Waals surface area contributed by atoms with Crippen molar-refractivity contribution in [3.63, 3.8) is 0 Å². The second-order valence-electron chi connectivity index (χ2n) is 7.20. The first kappa shape index (κ1) is 23.0. The summed E-state index contributed by atoms with van der Waals surface area (Å²) in [5.41, 5.74) is 2.99. The van der Waals surface area contributed by atoms with Gasteiger partial charge in [-0.2, -0.15) is 0 Å². The fourth-order valence-corrected chi connectivity index (χ4v) is 3.79. The van der Waals surface area contributed by atoms with Crippen molar-refractivity contribution in [3.05, 3.63) is 83.3 Å². The van der Waals surface area contributed by atoms with Crippen LogP contribution in [-0.2, 0) is 4.74 Å². The fourth-order valence-electron chi connectivity index (χ4n) is 3.57. The molecule has 9 heteroatoms. The van der Waals surface area contributed by atoms with Gasteiger partial charge in [0.15, 0.2) is 11.5 Å². The van der Waals surface area contributed by atoms with E-state index in [1.165, 1.54) is 11.1 Å². The lowest BCUT2D eigenvalue weighted by Crippen LogP contribution is -2.27. The smallest absolute Gasteiger partial charge is 0.419 e. The number of carboxylic acids is 1. The average molecular weight is 478 g/mol. The molecule has 2 aromatic carbocycles. The Bertz CT molecular complexity index is 1350. The molecule has 0 unspecified atom stereocenters. The zero-order valence-corrected chi connectivity index (χ0v) is 19.1. The van der Waals surface area contributed by atoms with E-state index >= 15 is 0 Å². The molecule has 2 heterocycles. The molecule has 4 aromatic rings. The molecular weight excluding hydrogens is 458 g/mol. The largest absolute Gasteiger partial charge is 0.476 e. The van der Waals surface area contributed by atoms with Crippen molar-refractivity contribution >= 4 is 35.0 Å². The Hall–Kier alpha value is -4.17. The van der Waals surface area contributed by atoms with E-state index in [1.54, 1.807) is 74.5 Å². The molecular formula is C25H20ClN3O5. The highest BCUT2D eigenvalue weighted by Gasteiger charge is 2.29. The Morgan fingerprint density at radius 3 is 2.44 bits per heavy atom. The minimum absolute atomic E-state index is 0.0413. The molecule has 0 fully saturated rings. The number of rotatable bonds is 6. The van der Waals surface area contributed by atoms with E-state index in [9.17, 15) is 14.7 Å². The van der Waals surface area contributed by atoms with E-state index in [-0.39, 0.29) is 12.3 Å². The molecule has 0 bridgehead atoms. The monoisotopic (exact) mass is 477 g/mol. The average Bonchev–Trinajstić information content (AvgIpc) is 3.21. The second kappa shape index (κ2) is 9.76. The molecule has 0 aliphatic heterocycles. The van der Waals surface area contributed by atoms with Gasteiger partial charge in [0, 0.05) is 17.3 Å². The number of amides is 1. The Morgan fingerprint density at radius 2 is 1.76 bits per heavy atom. The topological polar surface area (TPSA) is 106 Å². The van der Waals surface area contributed by atoms with E-state index < -0.39 is 12.1 Å². The lowest BCUT2D eigenvalue weighted by Gasteiger charge is -2.23. The summed E-state index contributed by atoms with van der Waals surface area (Å²) in [6.45, 7) is 3.58. The van der Waals surface area contributed by atoms with Crippen LogP contribution in [0.1, 0.15) is 23.2 Å². The van der Waals surface area contributed by atoms with Crippen LogP contribution in [0.5, 0.6) is 0 Å². The van der Waals surface area contributed by atoms with Gasteiger partial charge in [-0.1, -0.05) is 59.2 Å². The quantitative estimate of drug-likeness (QED) is 0.344. The summed E-state index contributed by atoms with van der Waals surface area (Å²) in [6.07, 6.45) is 0.811. The van der Waals surface area contributed by atoms with Crippen molar-refractivity contribution < 1.29 is 24.0 Å². The van der Waals surface area contributed by atoms with Crippen LogP contribution in [-0.4, -0.2) is 33.9 Å². The number of anilines is 2. The molecule has 2 aromatic heterocycles. The van der Waals surface area contributed by atoms with Gasteiger partial charge in [0.05, 0.1) is 17.3 Å². The van der Waals surface area contributed by atoms with Crippen molar-refractivity contribution in [1.82, 2.24) is 10.1 Å². The second-order valence-corrected chi connectivity index (χ2v) is 7.61. The van der Waals surface area contributed by atoms with Crippen LogP contribution in [0.4, 0.5) is 16.2 Å². The van der Waals surface area contributed by atoms with Gasteiger partial charge in [-0.3, -0.25) is 0 Å². The number of halogens is 1. The number of aromatic nitrogens is 2. The normalized spacial score (nSPS) is 10.7. The van der Waals surface area contributed by atoms with Crippen LogP contribution in [0.15, 0.2) is 71.4 Å². The lowest BCUT2D eigenvalue weighted by molar-refractivity contribution is 0.0691. The van der Waals surface area contributed by atoms with Crippen LogP contribution >= 0.6 is 11.6 Å². The summed E-state index contributed by atoms with van der Waals surface area (Å²) >= 11 is 6.41. The molecule has 0 radical (unpaired) electrons. The molecule has 0 saturated heterocycles.